The van der Waals surface area contributed by atoms with Gasteiger partial charge < -0.3 is 15.4 Å². The van der Waals surface area contributed by atoms with Crippen LogP contribution in [0.15, 0.2) is 42.6 Å². The van der Waals surface area contributed by atoms with Crippen LogP contribution in [0.25, 0.3) is 11.1 Å². The Morgan fingerprint density at radius 1 is 1.12 bits per heavy atom. The molecule has 0 saturated heterocycles. The first-order chi connectivity index (χ1) is 16.2. The van der Waals surface area contributed by atoms with Crippen LogP contribution in [-0.4, -0.2) is 23.1 Å². The Hall–Kier alpha value is -3.00. The van der Waals surface area contributed by atoms with Crippen molar-refractivity contribution in [2.24, 2.45) is 0 Å². The minimum Gasteiger partial charge on any atom is -0.496 e. The molecule has 1 heterocycles. The normalized spacial score (nSPS) is 12.4. The molecular formula is C25H28ClF3N4O. The number of aryl methyl sites for hydroxylation is 1. The van der Waals surface area contributed by atoms with E-state index in [1.54, 1.807) is 6.07 Å². The van der Waals surface area contributed by atoms with Crippen LogP contribution in [0.3, 0.4) is 0 Å². The van der Waals surface area contributed by atoms with E-state index >= 15 is 0 Å². The molecule has 2 N–H and O–H groups in total. The summed E-state index contributed by atoms with van der Waals surface area (Å²) < 4.78 is 45.6. The van der Waals surface area contributed by atoms with Crippen molar-refractivity contribution in [1.82, 2.24) is 9.97 Å². The van der Waals surface area contributed by atoms with E-state index in [0.29, 0.717) is 27.9 Å². The Labute approximate surface area is 202 Å². The topological polar surface area (TPSA) is 59.1 Å². The highest BCUT2D eigenvalue weighted by molar-refractivity contribution is 6.31. The minimum absolute atomic E-state index is 0.0459. The van der Waals surface area contributed by atoms with Gasteiger partial charge in [0.15, 0.2) is 0 Å². The lowest BCUT2D eigenvalue weighted by Crippen LogP contribution is -2.16. The first-order valence-electron chi connectivity index (χ1n) is 11.1. The molecule has 0 saturated carbocycles. The highest BCUT2D eigenvalue weighted by atomic mass is 35.5. The van der Waals surface area contributed by atoms with Crippen molar-refractivity contribution in [2.75, 3.05) is 17.7 Å². The fraction of sp³-hybridized carbons (Fsp3) is 0.360. The van der Waals surface area contributed by atoms with Gasteiger partial charge in [-0.15, -0.1) is 0 Å². The van der Waals surface area contributed by atoms with Crippen molar-refractivity contribution in [2.45, 2.75) is 52.3 Å². The number of nitrogens with zero attached hydrogens (tertiary/aromatic N) is 2. The molecule has 0 radical (unpaired) electrons. The molecule has 0 bridgehead atoms. The Bertz CT molecular complexity index is 1140. The lowest BCUT2D eigenvalue weighted by Gasteiger charge is -2.18. The van der Waals surface area contributed by atoms with Crippen molar-refractivity contribution < 1.29 is 17.9 Å². The van der Waals surface area contributed by atoms with Crippen LogP contribution in [0, 0.1) is 0 Å². The number of halogens is 4. The summed E-state index contributed by atoms with van der Waals surface area (Å²) in [5.41, 5.74) is 1.71. The molecule has 182 valence electrons. The molecule has 0 spiro atoms. The van der Waals surface area contributed by atoms with Crippen molar-refractivity contribution >= 4 is 29.1 Å². The van der Waals surface area contributed by atoms with Gasteiger partial charge in [-0.2, -0.15) is 18.2 Å². The third kappa shape index (κ3) is 6.11. The molecule has 0 aliphatic rings. The number of alkyl halides is 3. The maximum atomic E-state index is 13.6. The van der Waals surface area contributed by atoms with Gasteiger partial charge in [0, 0.05) is 28.5 Å². The van der Waals surface area contributed by atoms with Gasteiger partial charge in [-0.1, -0.05) is 44.0 Å². The summed E-state index contributed by atoms with van der Waals surface area (Å²) in [6.45, 7) is 6.07. The summed E-state index contributed by atoms with van der Waals surface area (Å²) in [5, 5.41) is 7.06. The molecule has 2 aromatic carbocycles. The minimum atomic E-state index is -4.56. The molecule has 5 nitrogen and oxygen atoms in total. The van der Waals surface area contributed by atoms with Gasteiger partial charge in [0.05, 0.1) is 12.7 Å². The van der Waals surface area contributed by atoms with E-state index in [2.05, 4.69) is 27.5 Å². The van der Waals surface area contributed by atoms with Crippen LogP contribution < -0.4 is 15.4 Å². The molecule has 1 unspecified atom stereocenters. The fourth-order valence-electron chi connectivity index (χ4n) is 3.42. The maximum Gasteiger partial charge on any atom is 0.419 e. The molecule has 3 aromatic rings. The molecule has 1 atom stereocenters. The molecule has 0 fully saturated rings. The predicted molar refractivity (Wildman–Crippen MR) is 131 cm³/mol. The van der Waals surface area contributed by atoms with Gasteiger partial charge in [0.25, 0.3) is 0 Å². The molecule has 34 heavy (non-hydrogen) atoms. The maximum absolute atomic E-state index is 13.6. The Balaban J connectivity index is 2.00. The Kier molecular flexibility index (Phi) is 8.25. The van der Waals surface area contributed by atoms with E-state index in [-0.39, 0.29) is 11.8 Å². The highest BCUT2D eigenvalue weighted by Crippen LogP contribution is 2.40. The molecular weight excluding hydrogens is 465 g/mol. The molecule has 0 amide bonds. The first-order valence-corrected chi connectivity index (χ1v) is 11.5. The SMILES string of the molecule is CCCc1ccc(Nc2ncc(-c3ccc(OC)c(C(F)(F)F)c3)c(NC(C)CC)n2)cc1Cl. The zero-order valence-corrected chi connectivity index (χ0v) is 20.3. The first kappa shape index (κ1) is 25.6. The predicted octanol–water partition coefficient (Wildman–Crippen LogP) is 7.73. The van der Waals surface area contributed by atoms with Crippen LogP contribution in [0.2, 0.25) is 5.02 Å². The number of rotatable bonds is 9. The molecule has 0 aliphatic heterocycles. The highest BCUT2D eigenvalue weighted by Gasteiger charge is 2.34. The summed E-state index contributed by atoms with van der Waals surface area (Å²) in [5.74, 6) is 0.493. The van der Waals surface area contributed by atoms with Gasteiger partial charge in [0.2, 0.25) is 5.95 Å². The number of aromatic nitrogens is 2. The largest absolute Gasteiger partial charge is 0.496 e. The number of hydrogen-bond donors (Lipinski definition) is 2. The van der Waals surface area contributed by atoms with Crippen molar-refractivity contribution in [1.29, 1.82) is 0 Å². The second-order valence-corrected chi connectivity index (χ2v) is 8.41. The quantitative estimate of drug-likeness (QED) is 0.320. The van der Waals surface area contributed by atoms with E-state index < -0.39 is 11.7 Å². The summed E-state index contributed by atoms with van der Waals surface area (Å²) >= 11 is 6.38. The summed E-state index contributed by atoms with van der Waals surface area (Å²) in [7, 11) is 1.21. The van der Waals surface area contributed by atoms with Crippen LogP contribution in [0.4, 0.5) is 30.6 Å². The summed E-state index contributed by atoms with van der Waals surface area (Å²) in [6, 6.07) is 9.63. The van der Waals surface area contributed by atoms with Crippen molar-refractivity contribution in [3.05, 3.63) is 58.7 Å². The molecule has 1 aromatic heterocycles. The monoisotopic (exact) mass is 492 g/mol. The van der Waals surface area contributed by atoms with Gasteiger partial charge in [-0.05, 0) is 55.2 Å². The third-order valence-corrected chi connectivity index (χ3v) is 5.78. The van der Waals surface area contributed by atoms with Gasteiger partial charge in [-0.3, -0.25) is 0 Å². The number of nitrogens with one attached hydrogen (secondary N) is 2. The Morgan fingerprint density at radius 3 is 2.50 bits per heavy atom. The number of hydrogen-bond acceptors (Lipinski definition) is 5. The third-order valence-electron chi connectivity index (χ3n) is 5.43. The van der Waals surface area contributed by atoms with Crippen LogP contribution >= 0.6 is 11.6 Å². The summed E-state index contributed by atoms with van der Waals surface area (Å²) in [6.07, 6.45) is -0.373. The Morgan fingerprint density at radius 2 is 1.88 bits per heavy atom. The number of anilines is 3. The van der Waals surface area contributed by atoms with E-state index in [1.165, 1.54) is 19.4 Å². The average molecular weight is 493 g/mol. The summed E-state index contributed by atoms with van der Waals surface area (Å²) in [4.78, 5) is 8.92. The van der Waals surface area contributed by atoms with E-state index in [0.717, 1.165) is 36.6 Å². The smallest absolute Gasteiger partial charge is 0.419 e. The average Bonchev–Trinajstić information content (AvgIpc) is 2.80. The number of ether oxygens (including phenoxy) is 1. The molecule has 9 heteroatoms. The molecule has 3 rings (SSSR count). The zero-order chi connectivity index (χ0) is 24.9. The second kappa shape index (κ2) is 11.0. The van der Waals surface area contributed by atoms with Gasteiger partial charge in [-0.25, -0.2) is 4.98 Å². The van der Waals surface area contributed by atoms with Crippen molar-refractivity contribution in [3.8, 4) is 16.9 Å². The van der Waals surface area contributed by atoms with Crippen LogP contribution in [0.1, 0.15) is 44.7 Å². The van der Waals surface area contributed by atoms with E-state index in [1.807, 2.05) is 32.0 Å². The standard InChI is InChI=1S/C25H28ClF3N4O/c1-5-7-16-8-10-18(13-21(16)26)32-24-30-14-19(23(33-24)31-15(3)6-2)17-9-11-22(34-4)20(12-17)25(27,28)29/h8-15H,5-7H2,1-4H3,(H2,30,31,32,33). The van der Waals surface area contributed by atoms with Gasteiger partial charge >= 0.3 is 6.18 Å². The van der Waals surface area contributed by atoms with Crippen molar-refractivity contribution in [3.63, 3.8) is 0 Å². The zero-order valence-electron chi connectivity index (χ0n) is 19.6. The van der Waals surface area contributed by atoms with Gasteiger partial charge in [0.1, 0.15) is 11.6 Å². The van der Waals surface area contributed by atoms with E-state index in [9.17, 15) is 13.2 Å². The number of methoxy groups -OCH3 is 1. The van der Waals surface area contributed by atoms with Crippen LogP contribution in [0.5, 0.6) is 5.75 Å². The second-order valence-electron chi connectivity index (χ2n) is 8.00. The lowest BCUT2D eigenvalue weighted by molar-refractivity contribution is -0.138. The fourth-order valence-corrected chi connectivity index (χ4v) is 3.70. The molecule has 0 aliphatic carbocycles. The van der Waals surface area contributed by atoms with Crippen LogP contribution in [-0.2, 0) is 12.6 Å². The lowest BCUT2D eigenvalue weighted by atomic mass is 10.0. The number of benzene rings is 2. The van der Waals surface area contributed by atoms with E-state index in [4.69, 9.17) is 16.3 Å².